The minimum atomic E-state index is -0.788. The van der Waals surface area contributed by atoms with Gasteiger partial charge in [0.25, 0.3) is 0 Å². The quantitative estimate of drug-likeness (QED) is 0.763. The number of aromatic nitrogens is 1. The number of benzene rings is 1. The van der Waals surface area contributed by atoms with E-state index in [-0.39, 0.29) is 6.61 Å². The number of nitrogens with zero attached hydrogens (tertiary/aromatic N) is 1. The molecule has 112 valence electrons. The van der Waals surface area contributed by atoms with Crippen LogP contribution in [0.25, 0.3) is 10.6 Å². The SMILES string of the molecule is NCCCOc1ccc(-c2ncc(COC(N)=O)s2)cc1. The predicted octanol–water partition coefficient (Wildman–Crippen LogP) is 2.13. The first-order valence-corrected chi connectivity index (χ1v) is 7.31. The number of primary amides is 1. The van der Waals surface area contributed by atoms with Crippen molar-refractivity contribution >= 4 is 17.4 Å². The molecule has 0 spiro atoms. The fourth-order valence-corrected chi connectivity index (χ4v) is 2.45. The Balaban J connectivity index is 1.96. The highest BCUT2D eigenvalue weighted by molar-refractivity contribution is 7.15. The monoisotopic (exact) mass is 307 g/mol. The van der Waals surface area contributed by atoms with Gasteiger partial charge >= 0.3 is 6.09 Å². The molecule has 0 bridgehead atoms. The molecule has 0 aliphatic carbocycles. The maximum absolute atomic E-state index is 10.6. The fourth-order valence-electron chi connectivity index (χ4n) is 1.62. The Kier molecular flexibility index (Phi) is 5.53. The lowest BCUT2D eigenvalue weighted by atomic mass is 10.2. The van der Waals surface area contributed by atoms with E-state index in [9.17, 15) is 4.79 Å². The van der Waals surface area contributed by atoms with E-state index in [2.05, 4.69) is 4.98 Å². The summed E-state index contributed by atoms with van der Waals surface area (Å²) in [6.45, 7) is 1.38. The minimum absolute atomic E-state index is 0.146. The zero-order valence-electron chi connectivity index (χ0n) is 11.5. The van der Waals surface area contributed by atoms with Gasteiger partial charge in [0.05, 0.1) is 11.5 Å². The molecule has 0 saturated carbocycles. The summed E-state index contributed by atoms with van der Waals surface area (Å²) in [6.07, 6.45) is 1.72. The Bertz CT molecular complexity index is 583. The average Bonchev–Trinajstić information content (AvgIpc) is 2.95. The lowest BCUT2D eigenvalue weighted by Crippen LogP contribution is -2.12. The molecule has 2 aromatic rings. The van der Waals surface area contributed by atoms with Gasteiger partial charge in [-0.3, -0.25) is 0 Å². The highest BCUT2D eigenvalue weighted by Crippen LogP contribution is 2.27. The van der Waals surface area contributed by atoms with Crippen molar-refractivity contribution < 1.29 is 14.3 Å². The third-order valence-corrected chi connectivity index (χ3v) is 3.65. The molecular weight excluding hydrogens is 290 g/mol. The van der Waals surface area contributed by atoms with Crippen molar-refractivity contribution in [2.45, 2.75) is 13.0 Å². The average molecular weight is 307 g/mol. The standard InChI is InChI=1S/C14H17N3O3S/c15-6-1-7-19-11-4-2-10(3-5-11)13-17-8-12(21-13)9-20-14(16)18/h2-5,8H,1,6-7,9,15H2,(H2,16,18). The van der Waals surface area contributed by atoms with E-state index in [1.807, 2.05) is 24.3 Å². The van der Waals surface area contributed by atoms with Gasteiger partial charge in [-0.2, -0.15) is 0 Å². The Morgan fingerprint density at radius 1 is 1.29 bits per heavy atom. The van der Waals surface area contributed by atoms with Crippen LogP contribution in [-0.4, -0.2) is 24.2 Å². The van der Waals surface area contributed by atoms with Gasteiger partial charge in [-0.1, -0.05) is 0 Å². The summed E-state index contributed by atoms with van der Waals surface area (Å²) in [5.41, 5.74) is 11.3. The first-order valence-electron chi connectivity index (χ1n) is 6.49. The molecule has 21 heavy (non-hydrogen) atoms. The molecule has 1 aromatic heterocycles. The molecule has 1 heterocycles. The van der Waals surface area contributed by atoms with Crippen molar-refractivity contribution in [3.05, 3.63) is 35.3 Å². The first-order chi connectivity index (χ1) is 10.2. The molecule has 0 radical (unpaired) electrons. The second kappa shape index (κ2) is 7.61. The van der Waals surface area contributed by atoms with Gasteiger partial charge in [-0.25, -0.2) is 9.78 Å². The van der Waals surface area contributed by atoms with Crippen LogP contribution in [0.2, 0.25) is 0 Å². The molecule has 0 unspecified atom stereocenters. The van der Waals surface area contributed by atoms with Crippen LogP contribution in [0.5, 0.6) is 5.75 Å². The smallest absolute Gasteiger partial charge is 0.404 e. The summed E-state index contributed by atoms with van der Waals surface area (Å²) < 4.78 is 10.3. The number of carbonyl (C=O) groups excluding carboxylic acids is 1. The molecule has 0 atom stereocenters. The van der Waals surface area contributed by atoms with Crippen LogP contribution in [0.3, 0.4) is 0 Å². The summed E-state index contributed by atoms with van der Waals surface area (Å²) in [7, 11) is 0. The Labute approximate surface area is 126 Å². The topological polar surface area (TPSA) is 100 Å². The second-order valence-electron chi connectivity index (χ2n) is 4.25. The Hall–Kier alpha value is -2.12. The van der Waals surface area contributed by atoms with Crippen molar-refractivity contribution in [2.24, 2.45) is 11.5 Å². The summed E-state index contributed by atoms with van der Waals surface area (Å²) in [5.74, 6) is 0.807. The molecule has 7 heteroatoms. The number of hydrogen-bond donors (Lipinski definition) is 2. The van der Waals surface area contributed by atoms with Gasteiger partial charge in [0, 0.05) is 11.8 Å². The predicted molar refractivity (Wildman–Crippen MR) is 81.1 cm³/mol. The highest BCUT2D eigenvalue weighted by Gasteiger charge is 2.06. The Morgan fingerprint density at radius 3 is 2.71 bits per heavy atom. The largest absolute Gasteiger partial charge is 0.494 e. The zero-order chi connectivity index (χ0) is 15.1. The minimum Gasteiger partial charge on any atom is -0.494 e. The third-order valence-electron chi connectivity index (χ3n) is 2.63. The molecule has 1 aromatic carbocycles. The zero-order valence-corrected chi connectivity index (χ0v) is 12.3. The van der Waals surface area contributed by atoms with E-state index in [0.717, 1.165) is 27.6 Å². The highest BCUT2D eigenvalue weighted by atomic mass is 32.1. The summed E-state index contributed by atoms with van der Waals surface area (Å²) in [4.78, 5) is 15.7. The van der Waals surface area contributed by atoms with E-state index < -0.39 is 6.09 Å². The second-order valence-corrected chi connectivity index (χ2v) is 5.37. The lowest BCUT2D eigenvalue weighted by Gasteiger charge is -2.05. The maximum Gasteiger partial charge on any atom is 0.404 e. The van der Waals surface area contributed by atoms with Gasteiger partial charge in [-0.15, -0.1) is 11.3 Å². The third kappa shape index (κ3) is 4.73. The van der Waals surface area contributed by atoms with Crippen LogP contribution in [0.4, 0.5) is 4.79 Å². The van der Waals surface area contributed by atoms with Crippen molar-refractivity contribution in [1.29, 1.82) is 0 Å². The molecular formula is C14H17N3O3S. The van der Waals surface area contributed by atoms with Crippen molar-refractivity contribution in [1.82, 2.24) is 4.98 Å². The van der Waals surface area contributed by atoms with Crippen LogP contribution in [0, 0.1) is 0 Å². The number of amides is 1. The number of carbonyl (C=O) groups is 1. The van der Waals surface area contributed by atoms with Crippen molar-refractivity contribution in [3.8, 4) is 16.3 Å². The number of hydrogen-bond acceptors (Lipinski definition) is 6. The van der Waals surface area contributed by atoms with Crippen molar-refractivity contribution in [3.63, 3.8) is 0 Å². The van der Waals surface area contributed by atoms with Gasteiger partial charge < -0.3 is 20.9 Å². The normalized spacial score (nSPS) is 10.3. The van der Waals surface area contributed by atoms with Gasteiger partial charge in [0.2, 0.25) is 0 Å². The van der Waals surface area contributed by atoms with Gasteiger partial charge in [-0.05, 0) is 37.2 Å². The number of rotatable bonds is 7. The molecule has 0 saturated heterocycles. The number of nitrogens with two attached hydrogens (primary N) is 2. The summed E-state index contributed by atoms with van der Waals surface area (Å²) >= 11 is 1.45. The van der Waals surface area contributed by atoms with E-state index in [0.29, 0.717) is 13.2 Å². The molecule has 0 aliphatic rings. The van der Waals surface area contributed by atoms with Gasteiger partial charge in [0.1, 0.15) is 17.4 Å². The lowest BCUT2D eigenvalue weighted by molar-refractivity contribution is 0.151. The van der Waals surface area contributed by atoms with Gasteiger partial charge in [0.15, 0.2) is 0 Å². The molecule has 6 nitrogen and oxygen atoms in total. The molecule has 4 N–H and O–H groups in total. The van der Waals surface area contributed by atoms with Crippen LogP contribution < -0.4 is 16.2 Å². The van der Waals surface area contributed by atoms with Crippen LogP contribution in [0.1, 0.15) is 11.3 Å². The number of thiazole rings is 1. The van der Waals surface area contributed by atoms with Crippen molar-refractivity contribution in [2.75, 3.05) is 13.2 Å². The summed E-state index contributed by atoms with van der Waals surface area (Å²) in [6, 6.07) is 7.67. The maximum atomic E-state index is 10.6. The molecule has 0 fully saturated rings. The summed E-state index contributed by atoms with van der Waals surface area (Å²) in [5, 5.41) is 0.853. The molecule has 1 amide bonds. The van der Waals surface area contributed by atoms with E-state index in [4.69, 9.17) is 20.9 Å². The van der Waals surface area contributed by atoms with E-state index >= 15 is 0 Å². The number of ether oxygens (including phenoxy) is 2. The first kappa shape index (κ1) is 15.3. The fraction of sp³-hybridized carbons (Fsp3) is 0.286. The van der Waals surface area contributed by atoms with Crippen LogP contribution in [0.15, 0.2) is 30.5 Å². The van der Waals surface area contributed by atoms with E-state index in [1.54, 1.807) is 6.20 Å². The molecule has 0 aliphatic heterocycles. The molecule has 2 rings (SSSR count). The van der Waals surface area contributed by atoms with Crippen LogP contribution in [-0.2, 0) is 11.3 Å². The van der Waals surface area contributed by atoms with Crippen LogP contribution >= 0.6 is 11.3 Å². The Morgan fingerprint density at radius 2 is 2.05 bits per heavy atom. The van der Waals surface area contributed by atoms with E-state index in [1.165, 1.54) is 11.3 Å².